The van der Waals surface area contributed by atoms with Crippen LogP contribution in [0.5, 0.6) is 0 Å². The average molecular weight is 372 g/mol. The van der Waals surface area contributed by atoms with Crippen LogP contribution < -0.4 is 5.32 Å². The maximum atomic E-state index is 12.2. The fourth-order valence-corrected chi connectivity index (χ4v) is 3.83. The lowest BCUT2D eigenvalue weighted by atomic mass is 9.77. The molecule has 0 radical (unpaired) electrons. The van der Waals surface area contributed by atoms with Crippen molar-refractivity contribution in [2.24, 2.45) is 5.92 Å². The van der Waals surface area contributed by atoms with Crippen molar-refractivity contribution in [1.29, 1.82) is 0 Å². The van der Waals surface area contributed by atoms with Crippen molar-refractivity contribution in [3.63, 3.8) is 0 Å². The minimum absolute atomic E-state index is 0.0292. The summed E-state index contributed by atoms with van der Waals surface area (Å²) in [5, 5.41) is 12.5. The molecular weight excluding hydrogens is 350 g/mol. The maximum absolute atomic E-state index is 12.2. The third-order valence-electron chi connectivity index (χ3n) is 5.06. The molecule has 0 saturated heterocycles. The molecule has 0 bridgehead atoms. The molecule has 0 atom stereocenters. The van der Waals surface area contributed by atoms with Crippen LogP contribution in [0.4, 0.5) is 5.69 Å². The first kappa shape index (κ1) is 18.5. The number of rotatable bonds is 5. The molecule has 1 saturated carbocycles. The van der Waals surface area contributed by atoms with Gasteiger partial charge >= 0.3 is 5.97 Å². The SMILES string of the molecule is O=C(CC1CCC(c2ccc(C(=O)O)cc2)CC1)Nc1cccc(Cl)c1. The number of carbonyl (C=O) groups excluding carboxylic acids is 1. The molecule has 0 aromatic heterocycles. The Kier molecular flexibility index (Phi) is 5.94. The second-order valence-corrected chi connectivity index (χ2v) is 7.34. The van der Waals surface area contributed by atoms with Gasteiger partial charge in [-0.15, -0.1) is 0 Å². The number of nitrogens with one attached hydrogen (secondary N) is 1. The van der Waals surface area contributed by atoms with Crippen molar-refractivity contribution in [3.05, 3.63) is 64.7 Å². The molecule has 1 aliphatic carbocycles. The van der Waals surface area contributed by atoms with Gasteiger partial charge in [-0.2, -0.15) is 0 Å². The predicted octanol–water partition coefficient (Wildman–Crippen LogP) is 5.34. The van der Waals surface area contributed by atoms with Crippen molar-refractivity contribution in [2.45, 2.75) is 38.0 Å². The Morgan fingerprint density at radius 2 is 1.73 bits per heavy atom. The van der Waals surface area contributed by atoms with Crippen LogP contribution in [0.25, 0.3) is 0 Å². The molecule has 0 heterocycles. The van der Waals surface area contributed by atoms with E-state index in [0.29, 0.717) is 28.8 Å². The summed E-state index contributed by atoms with van der Waals surface area (Å²) in [6.45, 7) is 0. The van der Waals surface area contributed by atoms with E-state index in [1.807, 2.05) is 24.3 Å². The van der Waals surface area contributed by atoms with E-state index in [9.17, 15) is 9.59 Å². The second kappa shape index (κ2) is 8.37. The summed E-state index contributed by atoms with van der Waals surface area (Å²) in [5.74, 6) is -0.0266. The molecule has 1 amide bonds. The van der Waals surface area contributed by atoms with E-state index in [1.54, 1.807) is 24.3 Å². The quantitative estimate of drug-likeness (QED) is 0.745. The predicted molar refractivity (Wildman–Crippen MR) is 103 cm³/mol. The summed E-state index contributed by atoms with van der Waals surface area (Å²) in [5.41, 5.74) is 2.24. The Labute approximate surface area is 158 Å². The Morgan fingerprint density at radius 3 is 2.35 bits per heavy atom. The van der Waals surface area contributed by atoms with Crippen LogP contribution in [0, 0.1) is 5.92 Å². The number of amides is 1. The Hall–Kier alpha value is -2.33. The zero-order valence-corrected chi connectivity index (χ0v) is 15.2. The molecule has 1 fully saturated rings. The number of carboxylic acid groups (broad SMARTS) is 1. The fourth-order valence-electron chi connectivity index (χ4n) is 3.64. The van der Waals surface area contributed by atoms with Crippen molar-refractivity contribution in [3.8, 4) is 0 Å². The highest BCUT2D eigenvalue weighted by Crippen LogP contribution is 2.37. The van der Waals surface area contributed by atoms with Crippen LogP contribution in [0.15, 0.2) is 48.5 Å². The molecule has 0 unspecified atom stereocenters. The van der Waals surface area contributed by atoms with Gasteiger partial charge in [-0.05, 0) is 73.4 Å². The van der Waals surface area contributed by atoms with Crippen LogP contribution in [-0.4, -0.2) is 17.0 Å². The van der Waals surface area contributed by atoms with Crippen molar-refractivity contribution < 1.29 is 14.7 Å². The van der Waals surface area contributed by atoms with Gasteiger partial charge in [-0.1, -0.05) is 29.8 Å². The van der Waals surface area contributed by atoms with Crippen LogP contribution in [0.2, 0.25) is 5.02 Å². The molecule has 136 valence electrons. The van der Waals surface area contributed by atoms with Gasteiger partial charge in [0.05, 0.1) is 5.56 Å². The molecule has 0 aliphatic heterocycles. The Morgan fingerprint density at radius 1 is 1.04 bits per heavy atom. The van der Waals surface area contributed by atoms with E-state index in [-0.39, 0.29) is 5.91 Å². The number of hydrogen-bond donors (Lipinski definition) is 2. The van der Waals surface area contributed by atoms with Crippen molar-refractivity contribution in [1.82, 2.24) is 0 Å². The first-order chi connectivity index (χ1) is 12.5. The zero-order chi connectivity index (χ0) is 18.5. The number of aromatic carboxylic acids is 1. The van der Waals surface area contributed by atoms with Gasteiger partial charge in [0.15, 0.2) is 0 Å². The lowest BCUT2D eigenvalue weighted by Crippen LogP contribution is -2.20. The van der Waals surface area contributed by atoms with Crippen molar-refractivity contribution >= 4 is 29.2 Å². The lowest BCUT2D eigenvalue weighted by molar-refractivity contribution is -0.117. The average Bonchev–Trinajstić information content (AvgIpc) is 2.62. The molecule has 3 rings (SSSR count). The van der Waals surface area contributed by atoms with E-state index >= 15 is 0 Å². The summed E-state index contributed by atoms with van der Waals surface area (Å²) >= 11 is 5.94. The summed E-state index contributed by atoms with van der Waals surface area (Å²) in [4.78, 5) is 23.2. The highest BCUT2D eigenvalue weighted by Gasteiger charge is 2.24. The van der Waals surface area contributed by atoms with Gasteiger partial charge in [0.1, 0.15) is 0 Å². The third-order valence-corrected chi connectivity index (χ3v) is 5.29. The topological polar surface area (TPSA) is 66.4 Å². The fraction of sp³-hybridized carbons (Fsp3) is 0.333. The maximum Gasteiger partial charge on any atom is 0.335 e. The standard InChI is InChI=1S/C21H22ClNO3/c22-18-2-1-3-19(13-18)23-20(24)12-14-4-6-15(7-5-14)16-8-10-17(11-9-16)21(25)26/h1-3,8-11,13-15H,4-7,12H2,(H,23,24)(H,25,26). The summed E-state index contributed by atoms with van der Waals surface area (Å²) in [6.07, 6.45) is 4.60. The molecule has 1 aliphatic rings. The third kappa shape index (κ3) is 4.85. The lowest BCUT2D eigenvalue weighted by Gasteiger charge is -2.28. The first-order valence-electron chi connectivity index (χ1n) is 8.90. The van der Waals surface area contributed by atoms with Gasteiger partial charge in [-0.25, -0.2) is 4.79 Å². The molecule has 2 aromatic carbocycles. The van der Waals surface area contributed by atoms with E-state index < -0.39 is 5.97 Å². The number of anilines is 1. The largest absolute Gasteiger partial charge is 0.478 e. The normalized spacial score (nSPS) is 19.7. The summed E-state index contributed by atoms with van der Waals surface area (Å²) in [7, 11) is 0. The van der Waals surface area contributed by atoms with Crippen LogP contribution in [0.3, 0.4) is 0 Å². The monoisotopic (exact) mass is 371 g/mol. The molecule has 5 heteroatoms. The minimum Gasteiger partial charge on any atom is -0.478 e. The molecule has 26 heavy (non-hydrogen) atoms. The van der Waals surface area contributed by atoms with Gasteiger partial charge < -0.3 is 10.4 Å². The Balaban J connectivity index is 1.49. The molecule has 0 spiro atoms. The number of carbonyl (C=O) groups is 2. The molecule has 2 aromatic rings. The number of benzene rings is 2. The highest BCUT2D eigenvalue weighted by atomic mass is 35.5. The van der Waals surface area contributed by atoms with Gasteiger partial charge in [0.2, 0.25) is 5.91 Å². The number of hydrogen-bond acceptors (Lipinski definition) is 2. The number of carboxylic acids is 1. The smallest absolute Gasteiger partial charge is 0.335 e. The zero-order valence-electron chi connectivity index (χ0n) is 14.5. The molecule has 2 N–H and O–H groups in total. The second-order valence-electron chi connectivity index (χ2n) is 6.91. The van der Waals surface area contributed by atoms with Gasteiger partial charge in [0.25, 0.3) is 0 Å². The van der Waals surface area contributed by atoms with Gasteiger partial charge in [-0.3, -0.25) is 4.79 Å². The van der Waals surface area contributed by atoms with E-state index in [1.165, 1.54) is 5.56 Å². The molecule has 4 nitrogen and oxygen atoms in total. The van der Waals surface area contributed by atoms with Crippen LogP contribution >= 0.6 is 11.6 Å². The highest BCUT2D eigenvalue weighted by molar-refractivity contribution is 6.30. The van der Waals surface area contributed by atoms with Crippen molar-refractivity contribution in [2.75, 3.05) is 5.32 Å². The van der Waals surface area contributed by atoms with E-state index in [4.69, 9.17) is 16.7 Å². The molecular formula is C21H22ClNO3. The Bertz CT molecular complexity index is 780. The number of halogens is 1. The van der Waals surface area contributed by atoms with E-state index in [2.05, 4.69) is 5.32 Å². The van der Waals surface area contributed by atoms with Gasteiger partial charge in [0, 0.05) is 17.1 Å². The minimum atomic E-state index is -0.897. The summed E-state index contributed by atoms with van der Waals surface area (Å²) in [6, 6.07) is 14.4. The first-order valence-corrected chi connectivity index (χ1v) is 9.28. The summed E-state index contributed by atoms with van der Waals surface area (Å²) < 4.78 is 0. The van der Waals surface area contributed by atoms with Crippen LogP contribution in [0.1, 0.15) is 53.9 Å². The van der Waals surface area contributed by atoms with Crippen LogP contribution in [-0.2, 0) is 4.79 Å². The van der Waals surface area contributed by atoms with E-state index in [0.717, 1.165) is 31.4 Å².